The van der Waals surface area contributed by atoms with Crippen molar-refractivity contribution in [3.8, 4) is 0 Å². The third kappa shape index (κ3) is 6.32. The Hall–Kier alpha value is -1.39. The van der Waals surface area contributed by atoms with Crippen molar-refractivity contribution < 1.29 is 9.90 Å². The number of carbonyl (C=O) groups excluding carboxylic acids is 1. The largest absolute Gasteiger partial charge is 0.396 e. The fraction of sp³-hybridized carbons (Fsp3) is 0.632. The molecule has 2 rings (SSSR count). The summed E-state index contributed by atoms with van der Waals surface area (Å²) in [6.45, 7) is 9.49. The maximum Gasteiger partial charge on any atom is 0.224 e. The fourth-order valence-corrected chi connectivity index (χ4v) is 3.02. The molecular formula is C19H30N2O2. The van der Waals surface area contributed by atoms with Crippen LogP contribution in [0.5, 0.6) is 0 Å². The second-order valence-corrected chi connectivity index (χ2v) is 7.89. The fourth-order valence-electron chi connectivity index (χ4n) is 3.02. The third-order valence-corrected chi connectivity index (χ3v) is 4.27. The monoisotopic (exact) mass is 318 g/mol. The molecule has 0 saturated carbocycles. The maximum absolute atomic E-state index is 12.1. The Morgan fingerprint density at radius 3 is 2.61 bits per heavy atom. The van der Waals surface area contributed by atoms with Crippen LogP contribution in [0.15, 0.2) is 24.3 Å². The van der Waals surface area contributed by atoms with Gasteiger partial charge in [0.1, 0.15) is 0 Å². The highest BCUT2D eigenvalue weighted by molar-refractivity contribution is 5.91. The highest BCUT2D eigenvalue weighted by atomic mass is 16.3. The number of aliphatic hydroxyl groups excluding tert-OH is 1. The van der Waals surface area contributed by atoms with Gasteiger partial charge in [-0.3, -0.25) is 9.69 Å². The highest BCUT2D eigenvalue weighted by Crippen LogP contribution is 2.21. The summed E-state index contributed by atoms with van der Waals surface area (Å²) in [5.41, 5.74) is 2.10. The minimum atomic E-state index is -0.00125. The molecule has 0 spiro atoms. The van der Waals surface area contributed by atoms with E-state index < -0.39 is 0 Å². The lowest BCUT2D eigenvalue weighted by Crippen LogP contribution is -2.34. The van der Waals surface area contributed by atoms with E-state index in [1.54, 1.807) is 0 Å². The van der Waals surface area contributed by atoms with Crippen molar-refractivity contribution in [2.24, 2.45) is 11.3 Å². The van der Waals surface area contributed by atoms with Crippen molar-refractivity contribution in [1.82, 2.24) is 4.90 Å². The molecule has 23 heavy (non-hydrogen) atoms. The van der Waals surface area contributed by atoms with Crippen molar-refractivity contribution in [1.29, 1.82) is 0 Å². The molecule has 1 heterocycles. The van der Waals surface area contributed by atoms with E-state index in [1.165, 1.54) is 5.56 Å². The molecule has 2 N–H and O–H groups in total. The van der Waals surface area contributed by atoms with E-state index in [2.05, 4.69) is 43.1 Å². The first kappa shape index (κ1) is 18.0. The van der Waals surface area contributed by atoms with Gasteiger partial charge in [0.25, 0.3) is 0 Å². The first-order valence-electron chi connectivity index (χ1n) is 8.58. The molecule has 1 aromatic carbocycles. The van der Waals surface area contributed by atoms with Gasteiger partial charge in [-0.2, -0.15) is 0 Å². The van der Waals surface area contributed by atoms with Gasteiger partial charge in [-0.15, -0.1) is 0 Å². The number of nitrogens with zero attached hydrogens (tertiary/aromatic N) is 1. The number of anilines is 1. The average molecular weight is 318 g/mol. The third-order valence-electron chi connectivity index (χ3n) is 4.27. The summed E-state index contributed by atoms with van der Waals surface area (Å²) >= 11 is 0. The van der Waals surface area contributed by atoms with Gasteiger partial charge in [-0.25, -0.2) is 0 Å². The van der Waals surface area contributed by atoms with E-state index in [1.807, 2.05) is 12.1 Å². The van der Waals surface area contributed by atoms with Gasteiger partial charge in [0.15, 0.2) is 0 Å². The van der Waals surface area contributed by atoms with E-state index in [4.69, 9.17) is 0 Å². The van der Waals surface area contributed by atoms with Crippen molar-refractivity contribution in [3.63, 3.8) is 0 Å². The highest BCUT2D eigenvalue weighted by Gasteiger charge is 2.19. The zero-order valence-corrected chi connectivity index (χ0v) is 14.6. The van der Waals surface area contributed by atoms with Crippen molar-refractivity contribution in [2.75, 3.05) is 25.0 Å². The van der Waals surface area contributed by atoms with E-state index >= 15 is 0 Å². The van der Waals surface area contributed by atoms with Crippen LogP contribution in [-0.2, 0) is 11.3 Å². The number of piperidine rings is 1. The standard InChI is InChI=1S/C19H30N2O2/c1-19(2,3)12-18(23)20-17-6-4-5-16(11-17)13-21-9-7-15(14-22)8-10-21/h4-6,11,15,22H,7-10,12-14H2,1-3H3,(H,20,23). The van der Waals surface area contributed by atoms with Gasteiger partial charge in [0.2, 0.25) is 5.91 Å². The van der Waals surface area contributed by atoms with E-state index in [0.717, 1.165) is 38.2 Å². The summed E-state index contributed by atoms with van der Waals surface area (Å²) in [6.07, 6.45) is 2.66. The van der Waals surface area contributed by atoms with Gasteiger partial charge >= 0.3 is 0 Å². The van der Waals surface area contributed by atoms with Crippen LogP contribution in [0.3, 0.4) is 0 Å². The molecule has 4 heteroatoms. The summed E-state index contributed by atoms with van der Waals surface area (Å²) in [7, 11) is 0. The number of rotatable bonds is 5. The van der Waals surface area contributed by atoms with Crippen molar-refractivity contribution in [2.45, 2.75) is 46.6 Å². The normalized spacial score (nSPS) is 17.2. The number of hydrogen-bond acceptors (Lipinski definition) is 3. The average Bonchev–Trinajstić information content (AvgIpc) is 2.46. The van der Waals surface area contributed by atoms with Gasteiger partial charge in [0, 0.05) is 25.3 Å². The molecule has 1 amide bonds. The molecule has 0 aromatic heterocycles. The number of hydrogen-bond donors (Lipinski definition) is 2. The molecule has 0 unspecified atom stereocenters. The first-order chi connectivity index (χ1) is 10.9. The van der Waals surface area contributed by atoms with E-state index in [-0.39, 0.29) is 11.3 Å². The number of amides is 1. The van der Waals surface area contributed by atoms with Gasteiger partial charge in [-0.05, 0) is 55.0 Å². The molecule has 0 bridgehead atoms. The molecule has 1 saturated heterocycles. The summed E-state index contributed by atoms with van der Waals surface area (Å²) in [4.78, 5) is 14.5. The lowest BCUT2D eigenvalue weighted by molar-refractivity contribution is -0.117. The van der Waals surface area contributed by atoms with Crippen LogP contribution in [0.2, 0.25) is 0 Å². The Morgan fingerprint density at radius 1 is 1.30 bits per heavy atom. The van der Waals surface area contributed by atoms with Crippen molar-refractivity contribution in [3.05, 3.63) is 29.8 Å². The zero-order valence-electron chi connectivity index (χ0n) is 14.6. The maximum atomic E-state index is 12.1. The number of nitrogens with one attached hydrogen (secondary N) is 1. The molecule has 128 valence electrons. The summed E-state index contributed by atoms with van der Waals surface area (Å²) in [5.74, 6) is 0.535. The second kappa shape index (κ2) is 7.93. The van der Waals surface area contributed by atoms with Crippen LogP contribution in [0.4, 0.5) is 5.69 Å². The van der Waals surface area contributed by atoms with Gasteiger partial charge in [0.05, 0.1) is 0 Å². The van der Waals surface area contributed by atoms with Crippen LogP contribution in [0, 0.1) is 11.3 Å². The quantitative estimate of drug-likeness (QED) is 0.876. The predicted octanol–water partition coefficient (Wildman–Crippen LogP) is 3.27. The predicted molar refractivity (Wildman–Crippen MR) is 94.2 cm³/mol. The molecule has 1 aliphatic heterocycles. The molecule has 0 aliphatic carbocycles. The molecule has 0 radical (unpaired) electrons. The zero-order chi connectivity index (χ0) is 16.9. The van der Waals surface area contributed by atoms with Crippen LogP contribution in [0.1, 0.15) is 45.6 Å². The Bertz CT molecular complexity index is 514. The summed E-state index contributed by atoms with van der Waals surface area (Å²) < 4.78 is 0. The Kier molecular flexibility index (Phi) is 6.19. The minimum Gasteiger partial charge on any atom is -0.396 e. The molecule has 4 nitrogen and oxygen atoms in total. The van der Waals surface area contributed by atoms with Crippen LogP contribution < -0.4 is 5.32 Å². The summed E-state index contributed by atoms with van der Waals surface area (Å²) in [5, 5.41) is 12.2. The molecular weight excluding hydrogens is 288 g/mol. The van der Waals surface area contributed by atoms with Crippen LogP contribution >= 0.6 is 0 Å². The van der Waals surface area contributed by atoms with Gasteiger partial charge in [-0.1, -0.05) is 32.9 Å². The second-order valence-electron chi connectivity index (χ2n) is 7.89. The Labute approximate surface area is 139 Å². The number of likely N-dealkylation sites (tertiary alicyclic amines) is 1. The Balaban J connectivity index is 1.88. The smallest absolute Gasteiger partial charge is 0.224 e. The molecule has 1 aliphatic rings. The first-order valence-corrected chi connectivity index (χ1v) is 8.58. The van der Waals surface area contributed by atoms with E-state index in [9.17, 15) is 9.90 Å². The molecule has 1 fully saturated rings. The van der Waals surface area contributed by atoms with Gasteiger partial charge < -0.3 is 10.4 Å². The minimum absolute atomic E-state index is 0.00125. The van der Waals surface area contributed by atoms with Crippen LogP contribution in [0.25, 0.3) is 0 Å². The lowest BCUT2D eigenvalue weighted by atomic mass is 9.92. The molecule has 1 aromatic rings. The van der Waals surface area contributed by atoms with Crippen LogP contribution in [-0.4, -0.2) is 35.6 Å². The van der Waals surface area contributed by atoms with Crippen molar-refractivity contribution >= 4 is 11.6 Å². The number of carbonyl (C=O) groups is 1. The Morgan fingerprint density at radius 2 is 2.00 bits per heavy atom. The summed E-state index contributed by atoms with van der Waals surface area (Å²) in [6, 6.07) is 8.13. The topological polar surface area (TPSA) is 52.6 Å². The SMILES string of the molecule is CC(C)(C)CC(=O)Nc1cccc(CN2CCC(CO)CC2)c1. The molecule has 0 atom stereocenters. The van der Waals surface area contributed by atoms with E-state index in [0.29, 0.717) is 18.9 Å². The number of aliphatic hydroxyl groups is 1. The lowest BCUT2D eigenvalue weighted by Gasteiger charge is -2.31. The number of benzene rings is 1.